The fraction of sp³-hybridized carbons (Fsp3) is 0.529. The number of rotatable bonds is 3. The molecule has 1 aromatic rings. The largest absolute Gasteiger partial charge is 0.465 e. The van der Waals surface area contributed by atoms with Crippen molar-refractivity contribution in [3.05, 3.63) is 29.8 Å². The van der Waals surface area contributed by atoms with Gasteiger partial charge >= 0.3 is 5.97 Å². The maximum Gasteiger partial charge on any atom is 0.337 e. The van der Waals surface area contributed by atoms with Crippen molar-refractivity contribution >= 4 is 17.6 Å². The van der Waals surface area contributed by atoms with Crippen molar-refractivity contribution in [1.82, 2.24) is 0 Å². The third-order valence-electron chi connectivity index (χ3n) is 5.61. The Morgan fingerprint density at radius 1 is 1.10 bits per heavy atom. The van der Waals surface area contributed by atoms with E-state index in [9.17, 15) is 9.59 Å². The van der Waals surface area contributed by atoms with Gasteiger partial charge in [-0.25, -0.2) is 4.79 Å². The van der Waals surface area contributed by atoms with E-state index >= 15 is 0 Å². The number of ether oxygens (including phenoxy) is 1. The Balaban J connectivity index is 1.40. The molecule has 4 unspecified atom stereocenters. The van der Waals surface area contributed by atoms with Crippen molar-refractivity contribution in [3.8, 4) is 0 Å². The lowest BCUT2D eigenvalue weighted by Gasteiger charge is -2.10. The number of benzene rings is 1. The van der Waals surface area contributed by atoms with Gasteiger partial charge < -0.3 is 10.1 Å². The van der Waals surface area contributed by atoms with Gasteiger partial charge in [-0.15, -0.1) is 0 Å². The van der Waals surface area contributed by atoms with Gasteiger partial charge in [-0.3, -0.25) is 4.79 Å². The van der Waals surface area contributed by atoms with Crippen LogP contribution in [-0.2, 0) is 9.53 Å². The van der Waals surface area contributed by atoms with Gasteiger partial charge in [-0.1, -0.05) is 0 Å². The number of fused-ring (bicyclic) bond motifs is 5. The summed E-state index contributed by atoms with van der Waals surface area (Å²) in [6, 6.07) is 6.88. The molecule has 0 heterocycles. The number of carbonyl (C=O) groups excluding carboxylic acids is 2. The molecular weight excluding hydrogens is 266 g/mol. The van der Waals surface area contributed by atoms with Gasteiger partial charge in [0.1, 0.15) is 0 Å². The van der Waals surface area contributed by atoms with Crippen LogP contribution < -0.4 is 5.32 Å². The molecule has 1 N–H and O–H groups in total. The Labute approximate surface area is 123 Å². The number of hydrogen-bond acceptors (Lipinski definition) is 3. The molecule has 110 valence electrons. The zero-order valence-corrected chi connectivity index (χ0v) is 12.0. The predicted molar refractivity (Wildman–Crippen MR) is 77.7 cm³/mol. The minimum absolute atomic E-state index is 0.160. The van der Waals surface area contributed by atoms with Crippen LogP contribution in [0.3, 0.4) is 0 Å². The van der Waals surface area contributed by atoms with Gasteiger partial charge in [0, 0.05) is 11.6 Å². The van der Waals surface area contributed by atoms with Crippen molar-refractivity contribution in [2.45, 2.75) is 19.3 Å². The van der Waals surface area contributed by atoms with Crippen LogP contribution in [0.2, 0.25) is 0 Å². The fourth-order valence-corrected chi connectivity index (χ4v) is 4.71. The molecule has 1 aromatic carbocycles. The number of methoxy groups -OCH3 is 1. The Kier molecular flexibility index (Phi) is 2.81. The molecule has 3 aliphatic rings. The molecule has 1 amide bonds. The van der Waals surface area contributed by atoms with E-state index in [4.69, 9.17) is 0 Å². The van der Waals surface area contributed by atoms with Crippen LogP contribution in [0.5, 0.6) is 0 Å². The molecule has 0 aromatic heterocycles. The summed E-state index contributed by atoms with van der Waals surface area (Å²) in [6.07, 6.45) is 4.00. The summed E-state index contributed by atoms with van der Waals surface area (Å²) in [5.74, 6) is 2.94. The molecule has 0 radical (unpaired) electrons. The maximum absolute atomic E-state index is 12.4. The second kappa shape index (κ2) is 4.58. The van der Waals surface area contributed by atoms with E-state index in [1.54, 1.807) is 24.3 Å². The monoisotopic (exact) mass is 285 g/mol. The summed E-state index contributed by atoms with van der Waals surface area (Å²) in [4.78, 5) is 23.7. The summed E-state index contributed by atoms with van der Waals surface area (Å²) in [5, 5.41) is 2.99. The minimum atomic E-state index is -0.360. The van der Waals surface area contributed by atoms with Gasteiger partial charge in [0.2, 0.25) is 5.91 Å². The first-order valence-corrected chi connectivity index (χ1v) is 7.68. The Hall–Kier alpha value is -1.84. The maximum atomic E-state index is 12.4. The van der Waals surface area contributed by atoms with Gasteiger partial charge in [-0.2, -0.15) is 0 Å². The second-order valence-electron chi connectivity index (χ2n) is 6.57. The lowest BCUT2D eigenvalue weighted by molar-refractivity contribution is -0.118. The van der Waals surface area contributed by atoms with Gasteiger partial charge in [-0.05, 0) is 67.2 Å². The highest BCUT2D eigenvalue weighted by Crippen LogP contribution is 2.69. The molecular formula is C17H19NO3. The number of esters is 1. The molecule has 4 nitrogen and oxygen atoms in total. The van der Waals surface area contributed by atoms with Crippen molar-refractivity contribution in [2.75, 3.05) is 12.4 Å². The van der Waals surface area contributed by atoms with Crippen LogP contribution in [0.25, 0.3) is 0 Å². The van der Waals surface area contributed by atoms with Crippen LogP contribution in [0.1, 0.15) is 29.6 Å². The number of amides is 1. The summed E-state index contributed by atoms with van der Waals surface area (Å²) in [5.41, 5.74) is 1.25. The first-order valence-electron chi connectivity index (χ1n) is 7.68. The predicted octanol–water partition coefficient (Wildman–Crippen LogP) is 2.70. The normalized spacial score (nSPS) is 35.2. The molecule has 2 bridgehead atoms. The smallest absolute Gasteiger partial charge is 0.337 e. The quantitative estimate of drug-likeness (QED) is 0.869. The summed E-state index contributed by atoms with van der Waals surface area (Å²) < 4.78 is 4.66. The molecule has 4 rings (SSSR count). The number of carbonyl (C=O) groups is 2. The molecule has 3 fully saturated rings. The second-order valence-corrected chi connectivity index (χ2v) is 6.57. The van der Waals surface area contributed by atoms with Crippen LogP contribution in [0.4, 0.5) is 5.69 Å². The fourth-order valence-electron chi connectivity index (χ4n) is 4.71. The molecule has 0 saturated heterocycles. The minimum Gasteiger partial charge on any atom is -0.465 e. The third kappa shape index (κ3) is 1.96. The topological polar surface area (TPSA) is 55.4 Å². The molecule has 0 aliphatic heterocycles. The van der Waals surface area contributed by atoms with Gasteiger partial charge in [0.25, 0.3) is 0 Å². The Morgan fingerprint density at radius 3 is 2.29 bits per heavy atom. The molecule has 0 spiro atoms. The van der Waals surface area contributed by atoms with Crippen molar-refractivity contribution < 1.29 is 14.3 Å². The lowest BCUT2D eigenvalue weighted by Crippen LogP contribution is -2.18. The molecule has 3 saturated carbocycles. The Bertz CT molecular complexity index is 579. The number of anilines is 1. The summed E-state index contributed by atoms with van der Waals surface area (Å²) >= 11 is 0. The lowest BCUT2D eigenvalue weighted by atomic mass is 10.0. The SMILES string of the molecule is COC(=O)c1ccc(NC(=O)C2C3C4CCC(C4)C23)cc1. The molecule has 3 aliphatic carbocycles. The van der Waals surface area contributed by atoms with E-state index in [0.29, 0.717) is 17.4 Å². The standard InChI is InChI=1S/C17H19NO3/c1-21-17(20)9-4-6-12(7-5-9)18-16(19)15-13-10-2-3-11(8-10)14(13)15/h4-7,10-11,13-15H,2-3,8H2,1H3,(H,18,19). The summed E-state index contributed by atoms with van der Waals surface area (Å²) in [6.45, 7) is 0. The number of nitrogens with one attached hydrogen (secondary N) is 1. The van der Waals surface area contributed by atoms with Gasteiger partial charge in [0.05, 0.1) is 12.7 Å². The van der Waals surface area contributed by atoms with E-state index in [-0.39, 0.29) is 17.8 Å². The van der Waals surface area contributed by atoms with Crippen molar-refractivity contribution in [3.63, 3.8) is 0 Å². The molecule has 21 heavy (non-hydrogen) atoms. The first-order chi connectivity index (χ1) is 10.2. The third-order valence-corrected chi connectivity index (χ3v) is 5.61. The highest BCUT2D eigenvalue weighted by Gasteiger charge is 2.67. The van der Waals surface area contributed by atoms with E-state index in [1.807, 2.05) is 0 Å². The van der Waals surface area contributed by atoms with E-state index in [2.05, 4.69) is 10.1 Å². The Morgan fingerprint density at radius 2 is 1.71 bits per heavy atom. The first kappa shape index (κ1) is 12.9. The molecule has 4 heteroatoms. The van der Waals surface area contributed by atoms with Crippen molar-refractivity contribution in [1.29, 1.82) is 0 Å². The van der Waals surface area contributed by atoms with E-state index < -0.39 is 0 Å². The average molecular weight is 285 g/mol. The zero-order valence-electron chi connectivity index (χ0n) is 12.0. The molecule has 4 atom stereocenters. The van der Waals surface area contributed by atoms with Crippen LogP contribution >= 0.6 is 0 Å². The summed E-state index contributed by atoms with van der Waals surface area (Å²) in [7, 11) is 1.36. The highest BCUT2D eigenvalue weighted by molar-refractivity contribution is 5.96. The zero-order chi connectivity index (χ0) is 14.6. The highest BCUT2D eigenvalue weighted by atomic mass is 16.5. The van der Waals surface area contributed by atoms with Crippen LogP contribution in [-0.4, -0.2) is 19.0 Å². The van der Waals surface area contributed by atoms with Crippen LogP contribution in [0, 0.1) is 29.6 Å². The average Bonchev–Trinajstić information content (AvgIpc) is 2.96. The van der Waals surface area contributed by atoms with E-state index in [0.717, 1.165) is 17.5 Å². The van der Waals surface area contributed by atoms with Crippen molar-refractivity contribution in [2.24, 2.45) is 29.6 Å². The van der Waals surface area contributed by atoms with E-state index in [1.165, 1.54) is 26.4 Å². The number of hydrogen-bond donors (Lipinski definition) is 1. The van der Waals surface area contributed by atoms with Gasteiger partial charge in [0.15, 0.2) is 0 Å². The van der Waals surface area contributed by atoms with Crippen LogP contribution in [0.15, 0.2) is 24.3 Å².